The second-order valence-corrected chi connectivity index (χ2v) is 11.5. The molecule has 0 heterocycles. The molecule has 38 heavy (non-hydrogen) atoms. The zero-order valence-corrected chi connectivity index (χ0v) is 24.1. The van der Waals surface area contributed by atoms with E-state index in [0.29, 0.717) is 26.2 Å². The summed E-state index contributed by atoms with van der Waals surface area (Å²) in [7, 11) is 0. The van der Waals surface area contributed by atoms with E-state index in [1.165, 1.54) is 77.0 Å². The van der Waals surface area contributed by atoms with E-state index in [0.717, 1.165) is 42.2 Å². The van der Waals surface area contributed by atoms with Crippen molar-refractivity contribution in [2.24, 2.45) is 11.8 Å². The highest BCUT2D eigenvalue weighted by atomic mass is 16.6. The molecule has 2 aliphatic rings. The van der Waals surface area contributed by atoms with Crippen molar-refractivity contribution in [3.63, 3.8) is 0 Å². The first kappa shape index (κ1) is 30.3. The van der Waals surface area contributed by atoms with Crippen molar-refractivity contribution in [3.05, 3.63) is 35.4 Å². The fraction of sp³-hybridized carbons (Fsp3) is 0.750. The number of hydrogen-bond donors (Lipinski definition) is 1. The van der Waals surface area contributed by atoms with Gasteiger partial charge in [-0.15, -0.1) is 0 Å². The summed E-state index contributed by atoms with van der Waals surface area (Å²) in [6, 6.07) is 7.99. The molecule has 0 saturated heterocycles. The molecule has 6 heteroatoms. The third-order valence-electron chi connectivity index (χ3n) is 8.45. The van der Waals surface area contributed by atoms with Crippen LogP contribution in [0.4, 0.5) is 9.59 Å². The maximum atomic E-state index is 13.4. The van der Waals surface area contributed by atoms with Gasteiger partial charge in [0.15, 0.2) is 0 Å². The average Bonchev–Trinajstić information content (AvgIpc) is 2.93. The standard InChI is InChI=1S/C32H52N2O4/c1-3-37-31(35)33-24-29-21-10-11-22-30(29)25-34(23-13-20-28-17-8-5-9-18-28)32(36)38-26(2)14-12-19-27-15-6-4-7-16-27/h10-11,21-22,26-28H,3-9,12-20,23-25H2,1-2H3,(H,33,35). The Morgan fingerprint density at radius 1 is 0.921 bits per heavy atom. The largest absolute Gasteiger partial charge is 0.450 e. The molecule has 1 aromatic carbocycles. The number of carbonyl (C=O) groups is 2. The molecular formula is C32H52N2O4. The number of carbonyl (C=O) groups excluding carboxylic acids is 2. The van der Waals surface area contributed by atoms with Crippen LogP contribution in [0.5, 0.6) is 0 Å². The lowest BCUT2D eigenvalue weighted by Crippen LogP contribution is -2.35. The van der Waals surface area contributed by atoms with E-state index in [9.17, 15) is 9.59 Å². The molecule has 0 radical (unpaired) electrons. The number of amides is 2. The topological polar surface area (TPSA) is 67.9 Å². The molecule has 0 bridgehead atoms. The molecule has 0 aliphatic heterocycles. The lowest BCUT2D eigenvalue weighted by atomic mass is 9.85. The Hall–Kier alpha value is -2.24. The van der Waals surface area contributed by atoms with Gasteiger partial charge in [0.05, 0.1) is 6.61 Å². The van der Waals surface area contributed by atoms with Crippen LogP contribution in [0, 0.1) is 11.8 Å². The van der Waals surface area contributed by atoms with E-state index >= 15 is 0 Å². The zero-order valence-electron chi connectivity index (χ0n) is 24.1. The number of rotatable bonds is 14. The second kappa shape index (κ2) is 17.4. The minimum atomic E-state index is -0.423. The monoisotopic (exact) mass is 528 g/mol. The lowest BCUT2D eigenvalue weighted by Gasteiger charge is -2.27. The molecule has 6 nitrogen and oxygen atoms in total. The smallest absolute Gasteiger partial charge is 0.410 e. The Morgan fingerprint density at radius 3 is 2.16 bits per heavy atom. The molecule has 1 N–H and O–H groups in total. The second-order valence-electron chi connectivity index (χ2n) is 11.5. The molecule has 2 aliphatic carbocycles. The molecule has 214 valence electrons. The van der Waals surface area contributed by atoms with Crippen LogP contribution in [0.1, 0.15) is 121 Å². The van der Waals surface area contributed by atoms with Gasteiger partial charge >= 0.3 is 12.2 Å². The Balaban J connectivity index is 1.55. The van der Waals surface area contributed by atoms with Crippen molar-refractivity contribution in [3.8, 4) is 0 Å². The first-order chi connectivity index (χ1) is 18.5. The number of alkyl carbamates (subject to hydrolysis) is 1. The normalized spacial score (nSPS) is 17.5. The Bertz CT molecular complexity index is 817. The van der Waals surface area contributed by atoms with E-state index < -0.39 is 6.09 Å². The van der Waals surface area contributed by atoms with Gasteiger partial charge in [0.25, 0.3) is 0 Å². The van der Waals surface area contributed by atoms with E-state index in [4.69, 9.17) is 9.47 Å². The molecule has 0 aromatic heterocycles. The highest BCUT2D eigenvalue weighted by Crippen LogP contribution is 2.29. The molecule has 2 fully saturated rings. The van der Waals surface area contributed by atoms with Crippen LogP contribution >= 0.6 is 0 Å². The fourth-order valence-electron chi connectivity index (χ4n) is 6.20. The zero-order chi connectivity index (χ0) is 27.0. The van der Waals surface area contributed by atoms with E-state index in [-0.39, 0.29) is 12.2 Å². The Labute approximate surface area is 231 Å². The van der Waals surface area contributed by atoms with Crippen LogP contribution in [0.15, 0.2) is 24.3 Å². The summed E-state index contributed by atoms with van der Waals surface area (Å²) in [5.74, 6) is 1.66. The first-order valence-corrected chi connectivity index (χ1v) is 15.5. The van der Waals surface area contributed by atoms with Crippen LogP contribution in [0.3, 0.4) is 0 Å². The average molecular weight is 529 g/mol. The molecule has 1 unspecified atom stereocenters. The molecule has 2 saturated carbocycles. The van der Waals surface area contributed by atoms with Crippen molar-refractivity contribution in [2.45, 2.75) is 129 Å². The molecular weight excluding hydrogens is 476 g/mol. The summed E-state index contributed by atoms with van der Waals surface area (Å²) in [6.07, 6.45) is 18.4. The van der Waals surface area contributed by atoms with Gasteiger partial charge in [0, 0.05) is 19.6 Å². The van der Waals surface area contributed by atoms with Crippen molar-refractivity contribution < 1.29 is 19.1 Å². The summed E-state index contributed by atoms with van der Waals surface area (Å²) in [4.78, 5) is 27.1. The number of nitrogens with zero attached hydrogens (tertiary/aromatic N) is 1. The quantitative estimate of drug-likeness (QED) is 0.263. The van der Waals surface area contributed by atoms with Gasteiger partial charge in [-0.1, -0.05) is 94.9 Å². The summed E-state index contributed by atoms with van der Waals surface area (Å²) in [5.41, 5.74) is 2.02. The predicted octanol–water partition coefficient (Wildman–Crippen LogP) is 8.37. The van der Waals surface area contributed by atoms with Crippen LogP contribution in [0.25, 0.3) is 0 Å². The van der Waals surface area contributed by atoms with Crippen molar-refractivity contribution >= 4 is 12.2 Å². The molecule has 2 amide bonds. The highest BCUT2D eigenvalue weighted by molar-refractivity contribution is 5.68. The van der Waals surface area contributed by atoms with Crippen molar-refractivity contribution in [1.29, 1.82) is 0 Å². The van der Waals surface area contributed by atoms with Crippen LogP contribution in [0.2, 0.25) is 0 Å². The van der Waals surface area contributed by atoms with Gasteiger partial charge in [0.1, 0.15) is 6.10 Å². The van der Waals surface area contributed by atoms with Gasteiger partial charge in [-0.2, -0.15) is 0 Å². The van der Waals surface area contributed by atoms with Crippen molar-refractivity contribution in [1.82, 2.24) is 10.2 Å². The van der Waals surface area contributed by atoms with Crippen molar-refractivity contribution in [2.75, 3.05) is 13.2 Å². The molecule has 0 spiro atoms. The Kier molecular flexibility index (Phi) is 13.9. The predicted molar refractivity (Wildman–Crippen MR) is 153 cm³/mol. The maximum absolute atomic E-state index is 13.4. The fourth-order valence-corrected chi connectivity index (χ4v) is 6.20. The van der Waals surface area contributed by atoms with Gasteiger partial charge in [-0.25, -0.2) is 9.59 Å². The van der Waals surface area contributed by atoms with E-state index in [1.54, 1.807) is 6.92 Å². The van der Waals surface area contributed by atoms with E-state index in [1.807, 2.05) is 36.1 Å². The van der Waals surface area contributed by atoms with Gasteiger partial charge in [-0.05, 0) is 62.5 Å². The Morgan fingerprint density at radius 2 is 1.53 bits per heavy atom. The van der Waals surface area contributed by atoms with Crippen LogP contribution in [-0.2, 0) is 22.6 Å². The first-order valence-electron chi connectivity index (χ1n) is 15.5. The molecule has 1 aromatic rings. The SMILES string of the molecule is CCOC(=O)NCc1ccccc1CN(CCCC1CCCCC1)C(=O)OC(C)CCCC1CCCCC1. The van der Waals surface area contributed by atoms with E-state index in [2.05, 4.69) is 5.32 Å². The molecule has 3 rings (SSSR count). The highest BCUT2D eigenvalue weighted by Gasteiger charge is 2.21. The number of ether oxygens (including phenoxy) is 2. The summed E-state index contributed by atoms with van der Waals surface area (Å²) in [6.45, 7) is 5.73. The third kappa shape index (κ3) is 11.2. The lowest BCUT2D eigenvalue weighted by molar-refractivity contribution is 0.0615. The maximum Gasteiger partial charge on any atom is 0.410 e. The molecule has 1 atom stereocenters. The van der Waals surface area contributed by atoms with Crippen LogP contribution < -0.4 is 5.32 Å². The third-order valence-corrected chi connectivity index (χ3v) is 8.45. The van der Waals surface area contributed by atoms with Gasteiger partial charge in [0.2, 0.25) is 0 Å². The summed E-state index contributed by atoms with van der Waals surface area (Å²) in [5, 5.41) is 2.82. The number of nitrogens with one attached hydrogen (secondary N) is 1. The minimum Gasteiger partial charge on any atom is -0.450 e. The van der Waals surface area contributed by atoms with Gasteiger partial charge in [-0.3, -0.25) is 0 Å². The summed E-state index contributed by atoms with van der Waals surface area (Å²) < 4.78 is 11.0. The number of benzene rings is 1. The van der Waals surface area contributed by atoms with Crippen LogP contribution in [-0.4, -0.2) is 36.3 Å². The summed E-state index contributed by atoms with van der Waals surface area (Å²) >= 11 is 0. The van der Waals surface area contributed by atoms with Gasteiger partial charge < -0.3 is 19.7 Å². The number of hydrogen-bond acceptors (Lipinski definition) is 4. The minimum absolute atomic E-state index is 0.0762.